The van der Waals surface area contributed by atoms with Gasteiger partial charge >= 0.3 is 0 Å². The van der Waals surface area contributed by atoms with Crippen molar-refractivity contribution in [2.45, 2.75) is 44.3 Å². The quantitative estimate of drug-likeness (QED) is 0.819. The first-order valence-electron chi connectivity index (χ1n) is 6.62. The maximum atomic E-state index is 12.3. The summed E-state index contributed by atoms with van der Waals surface area (Å²) in [6.07, 6.45) is 6.12. The van der Waals surface area contributed by atoms with Crippen LogP contribution in [0.2, 0.25) is 0 Å². The van der Waals surface area contributed by atoms with Gasteiger partial charge in [0.2, 0.25) is 5.91 Å². The molecule has 1 unspecified atom stereocenters. The Morgan fingerprint density at radius 1 is 1.44 bits per heavy atom. The van der Waals surface area contributed by atoms with Crippen molar-refractivity contribution in [1.29, 1.82) is 0 Å². The average Bonchev–Trinajstić information content (AvgIpc) is 3.07. The normalized spacial score (nSPS) is 24.6. The summed E-state index contributed by atoms with van der Waals surface area (Å²) in [4.78, 5) is 18.4. The molecule has 3 rings (SSSR count). The predicted octanol–water partition coefficient (Wildman–Crippen LogP) is 0.0581. The van der Waals surface area contributed by atoms with E-state index in [1.807, 2.05) is 11.9 Å². The Morgan fingerprint density at radius 2 is 2.28 bits per heavy atom. The molecule has 2 aliphatic rings. The summed E-state index contributed by atoms with van der Waals surface area (Å²) >= 11 is 0. The minimum Gasteiger partial charge on any atom is -0.334 e. The second-order valence-corrected chi connectivity index (χ2v) is 5.23. The van der Waals surface area contributed by atoms with Gasteiger partial charge in [0.05, 0.1) is 12.6 Å². The van der Waals surface area contributed by atoms with E-state index in [-0.39, 0.29) is 11.9 Å². The largest absolute Gasteiger partial charge is 0.334 e. The smallest absolute Gasteiger partial charge is 0.240 e. The highest BCUT2D eigenvalue weighted by Gasteiger charge is 2.33. The Kier molecular flexibility index (Phi) is 3.03. The monoisotopic (exact) mass is 249 g/mol. The number of rotatable bonds is 4. The first-order chi connectivity index (χ1) is 8.72. The van der Waals surface area contributed by atoms with Crippen molar-refractivity contribution >= 4 is 5.91 Å². The number of nitrogens with one attached hydrogen (secondary N) is 1. The van der Waals surface area contributed by atoms with Crippen LogP contribution in [0.5, 0.6) is 0 Å². The molecular formula is C12H19N5O. The molecule has 1 aliphatic heterocycles. The van der Waals surface area contributed by atoms with E-state index in [0.29, 0.717) is 12.6 Å². The van der Waals surface area contributed by atoms with Crippen LogP contribution < -0.4 is 5.32 Å². The van der Waals surface area contributed by atoms with Gasteiger partial charge < -0.3 is 10.2 Å². The summed E-state index contributed by atoms with van der Waals surface area (Å²) < 4.78 is 1.67. The zero-order chi connectivity index (χ0) is 12.5. The topological polar surface area (TPSA) is 63.1 Å². The fourth-order valence-corrected chi connectivity index (χ4v) is 2.41. The lowest BCUT2D eigenvalue weighted by atomic mass is 10.0. The Balaban J connectivity index is 1.62. The summed E-state index contributed by atoms with van der Waals surface area (Å²) in [5, 5.41) is 7.66. The van der Waals surface area contributed by atoms with Crippen LogP contribution in [0.1, 0.15) is 31.5 Å². The molecule has 1 aliphatic carbocycles. The first kappa shape index (κ1) is 11.6. The standard InChI is InChI=1S/C12H19N5O/c1-16-8-13-11(15-16)7-17-6-2-3-10(12(17)18)14-9-4-5-9/h8-10,14H,2-7H2,1H3. The van der Waals surface area contributed by atoms with E-state index in [9.17, 15) is 4.79 Å². The van der Waals surface area contributed by atoms with E-state index in [4.69, 9.17) is 0 Å². The van der Waals surface area contributed by atoms with Crippen molar-refractivity contribution < 1.29 is 4.79 Å². The van der Waals surface area contributed by atoms with Gasteiger partial charge in [-0.2, -0.15) is 5.10 Å². The molecule has 0 spiro atoms. The number of nitrogens with zero attached hydrogens (tertiary/aromatic N) is 4. The molecule has 6 nitrogen and oxygen atoms in total. The fraction of sp³-hybridized carbons (Fsp3) is 0.750. The second kappa shape index (κ2) is 4.68. The number of piperidine rings is 1. The van der Waals surface area contributed by atoms with Crippen LogP contribution in [0.25, 0.3) is 0 Å². The molecule has 18 heavy (non-hydrogen) atoms. The van der Waals surface area contributed by atoms with Crippen LogP contribution in [0.3, 0.4) is 0 Å². The number of hydrogen-bond donors (Lipinski definition) is 1. The molecule has 6 heteroatoms. The van der Waals surface area contributed by atoms with Gasteiger partial charge in [0.25, 0.3) is 0 Å². The Labute approximate surface area is 106 Å². The molecule has 1 saturated carbocycles. The van der Waals surface area contributed by atoms with Crippen LogP contribution >= 0.6 is 0 Å². The molecule has 0 aromatic carbocycles. The number of amides is 1. The van der Waals surface area contributed by atoms with Crippen molar-refractivity contribution in [3.05, 3.63) is 12.2 Å². The van der Waals surface area contributed by atoms with Gasteiger partial charge in [-0.25, -0.2) is 4.98 Å². The van der Waals surface area contributed by atoms with E-state index in [1.54, 1.807) is 11.0 Å². The highest BCUT2D eigenvalue weighted by molar-refractivity contribution is 5.82. The zero-order valence-corrected chi connectivity index (χ0v) is 10.7. The minimum absolute atomic E-state index is 0.00922. The molecule has 1 atom stereocenters. The minimum atomic E-state index is 0.00922. The average molecular weight is 249 g/mol. The lowest BCUT2D eigenvalue weighted by Crippen LogP contribution is -2.50. The lowest BCUT2D eigenvalue weighted by molar-refractivity contribution is -0.136. The highest BCUT2D eigenvalue weighted by atomic mass is 16.2. The molecule has 0 bridgehead atoms. The second-order valence-electron chi connectivity index (χ2n) is 5.23. The van der Waals surface area contributed by atoms with Crippen LogP contribution in [0.15, 0.2) is 6.33 Å². The highest BCUT2D eigenvalue weighted by Crippen LogP contribution is 2.22. The van der Waals surface area contributed by atoms with Gasteiger partial charge in [0, 0.05) is 19.6 Å². The van der Waals surface area contributed by atoms with Crippen molar-refractivity contribution in [3.8, 4) is 0 Å². The van der Waals surface area contributed by atoms with E-state index in [0.717, 1.165) is 25.2 Å². The molecule has 2 heterocycles. The Bertz CT molecular complexity index is 439. The van der Waals surface area contributed by atoms with Gasteiger partial charge in [-0.1, -0.05) is 0 Å². The molecule has 1 aromatic rings. The van der Waals surface area contributed by atoms with Gasteiger partial charge in [-0.05, 0) is 25.7 Å². The third-order valence-electron chi connectivity index (χ3n) is 3.52. The molecular weight excluding hydrogens is 230 g/mol. The molecule has 1 aromatic heterocycles. The molecule has 1 saturated heterocycles. The van der Waals surface area contributed by atoms with Gasteiger partial charge in [0.1, 0.15) is 6.33 Å². The van der Waals surface area contributed by atoms with Crippen molar-refractivity contribution in [2.75, 3.05) is 6.54 Å². The van der Waals surface area contributed by atoms with Crippen molar-refractivity contribution in [2.24, 2.45) is 7.05 Å². The molecule has 1 N–H and O–H groups in total. The maximum Gasteiger partial charge on any atom is 0.240 e. The zero-order valence-electron chi connectivity index (χ0n) is 10.7. The summed E-state index contributed by atoms with van der Waals surface area (Å²) in [6, 6.07) is 0.585. The Morgan fingerprint density at radius 3 is 2.94 bits per heavy atom. The van der Waals surface area contributed by atoms with Gasteiger partial charge in [0.15, 0.2) is 5.82 Å². The van der Waals surface area contributed by atoms with Gasteiger partial charge in [-0.15, -0.1) is 0 Å². The summed E-state index contributed by atoms with van der Waals surface area (Å²) in [6.45, 7) is 1.35. The molecule has 0 radical (unpaired) electrons. The van der Waals surface area contributed by atoms with E-state index in [2.05, 4.69) is 15.4 Å². The molecule has 1 amide bonds. The van der Waals surface area contributed by atoms with Crippen LogP contribution in [0.4, 0.5) is 0 Å². The van der Waals surface area contributed by atoms with E-state index in [1.165, 1.54) is 12.8 Å². The van der Waals surface area contributed by atoms with Crippen LogP contribution in [-0.2, 0) is 18.4 Å². The third-order valence-corrected chi connectivity index (χ3v) is 3.52. The lowest BCUT2D eigenvalue weighted by Gasteiger charge is -2.32. The molecule has 98 valence electrons. The number of carbonyl (C=O) groups is 1. The first-order valence-corrected chi connectivity index (χ1v) is 6.62. The Hall–Kier alpha value is -1.43. The number of aryl methyl sites for hydroxylation is 1. The van der Waals surface area contributed by atoms with Crippen molar-refractivity contribution in [3.63, 3.8) is 0 Å². The summed E-state index contributed by atoms with van der Waals surface area (Å²) in [7, 11) is 1.84. The van der Waals surface area contributed by atoms with Gasteiger partial charge in [-0.3, -0.25) is 9.48 Å². The number of aromatic nitrogens is 3. The number of hydrogen-bond acceptors (Lipinski definition) is 4. The number of carbonyl (C=O) groups excluding carboxylic acids is 1. The predicted molar refractivity (Wildman–Crippen MR) is 65.6 cm³/mol. The van der Waals surface area contributed by atoms with E-state index < -0.39 is 0 Å². The maximum absolute atomic E-state index is 12.3. The van der Waals surface area contributed by atoms with Crippen LogP contribution in [-0.4, -0.2) is 44.2 Å². The fourth-order valence-electron chi connectivity index (χ4n) is 2.41. The SMILES string of the molecule is Cn1cnc(CN2CCCC(NC3CC3)C2=O)n1. The van der Waals surface area contributed by atoms with E-state index >= 15 is 0 Å². The summed E-state index contributed by atoms with van der Waals surface area (Å²) in [5.41, 5.74) is 0. The molecule has 2 fully saturated rings. The van der Waals surface area contributed by atoms with Crippen molar-refractivity contribution in [1.82, 2.24) is 25.0 Å². The van der Waals surface area contributed by atoms with Crippen LogP contribution in [0, 0.1) is 0 Å². The number of likely N-dealkylation sites (tertiary alicyclic amines) is 1. The third kappa shape index (κ3) is 2.53. The summed E-state index contributed by atoms with van der Waals surface area (Å²) in [5.74, 6) is 0.929.